The van der Waals surface area contributed by atoms with Crippen molar-refractivity contribution in [3.63, 3.8) is 0 Å². The molecule has 1 aromatic heterocycles. The monoisotopic (exact) mass is 283 g/mol. The molecule has 1 atom stereocenters. The van der Waals surface area contributed by atoms with Crippen LogP contribution in [-0.4, -0.2) is 16.3 Å². The van der Waals surface area contributed by atoms with Crippen LogP contribution < -0.4 is 5.32 Å². The van der Waals surface area contributed by atoms with Crippen molar-refractivity contribution in [3.8, 4) is 0 Å². The van der Waals surface area contributed by atoms with E-state index in [1.54, 1.807) is 6.20 Å². The molecule has 0 saturated heterocycles. The second-order valence-electron chi connectivity index (χ2n) is 5.95. The Kier molecular flexibility index (Phi) is 5.28. The molecule has 3 nitrogen and oxygen atoms in total. The quantitative estimate of drug-likeness (QED) is 0.887. The Hall–Kier alpha value is -0.540. The predicted molar refractivity (Wildman–Crippen MR) is 80.4 cm³/mol. The highest BCUT2D eigenvalue weighted by molar-refractivity contribution is 6.31. The number of hydrogen-bond donors (Lipinski definition) is 1. The van der Waals surface area contributed by atoms with Crippen LogP contribution >= 0.6 is 11.6 Å². The number of aromatic nitrogens is 2. The molecule has 1 heterocycles. The van der Waals surface area contributed by atoms with Gasteiger partial charge in [-0.3, -0.25) is 4.68 Å². The first kappa shape index (κ1) is 14.9. The summed E-state index contributed by atoms with van der Waals surface area (Å²) in [6, 6.07) is 0.354. The summed E-state index contributed by atoms with van der Waals surface area (Å²) in [5, 5.41) is 8.79. The highest BCUT2D eigenvalue weighted by Crippen LogP contribution is 2.38. The zero-order valence-corrected chi connectivity index (χ0v) is 13.1. The number of halogens is 1. The Labute approximate surface area is 121 Å². The Morgan fingerprint density at radius 2 is 2.11 bits per heavy atom. The summed E-state index contributed by atoms with van der Waals surface area (Å²) >= 11 is 6.34. The van der Waals surface area contributed by atoms with Crippen LogP contribution in [0.2, 0.25) is 5.02 Å². The van der Waals surface area contributed by atoms with Crippen LogP contribution in [0.5, 0.6) is 0 Å². The van der Waals surface area contributed by atoms with E-state index in [4.69, 9.17) is 11.6 Å². The number of nitrogens with one attached hydrogen (secondary N) is 1. The van der Waals surface area contributed by atoms with Gasteiger partial charge in [-0.25, -0.2) is 0 Å². The first-order chi connectivity index (χ1) is 9.13. The van der Waals surface area contributed by atoms with Gasteiger partial charge in [0.05, 0.1) is 23.0 Å². The maximum atomic E-state index is 6.34. The van der Waals surface area contributed by atoms with Crippen molar-refractivity contribution in [2.45, 2.75) is 52.0 Å². The van der Waals surface area contributed by atoms with Crippen molar-refractivity contribution >= 4 is 11.6 Å². The lowest BCUT2D eigenvalue weighted by Gasteiger charge is -2.33. The fourth-order valence-corrected chi connectivity index (χ4v) is 3.46. The van der Waals surface area contributed by atoms with Crippen molar-refractivity contribution in [1.82, 2.24) is 15.1 Å². The molecule has 1 fully saturated rings. The summed E-state index contributed by atoms with van der Waals surface area (Å²) in [4.78, 5) is 0. The molecule has 2 rings (SSSR count). The van der Waals surface area contributed by atoms with Crippen molar-refractivity contribution in [2.75, 3.05) is 6.54 Å². The van der Waals surface area contributed by atoms with E-state index in [2.05, 4.69) is 24.3 Å². The Bertz CT molecular complexity index is 375. The molecule has 0 amide bonds. The highest BCUT2D eigenvalue weighted by atomic mass is 35.5. The largest absolute Gasteiger partial charge is 0.308 e. The Morgan fingerprint density at radius 3 is 2.63 bits per heavy atom. The number of rotatable bonds is 5. The average Bonchev–Trinajstić information content (AvgIpc) is 2.73. The van der Waals surface area contributed by atoms with Gasteiger partial charge in [0.25, 0.3) is 0 Å². The molecule has 1 aliphatic rings. The van der Waals surface area contributed by atoms with Gasteiger partial charge in [-0.2, -0.15) is 5.10 Å². The number of aryl methyl sites for hydroxylation is 1. The van der Waals surface area contributed by atoms with Crippen molar-refractivity contribution in [1.29, 1.82) is 0 Å². The fourth-order valence-electron chi connectivity index (χ4n) is 3.18. The average molecular weight is 284 g/mol. The van der Waals surface area contributed by atoms with Crippen LogP contribution in [0.3, 0.4) is 0 Å². The van der Waals surface area contributed by atoms with Gasteiger partial charge in [-0.1, -0.05) is 38.3 Å². The second kappa shape index (κ2) is 6.76. The maximum Gasteiger partial charge on any atom is 0.0834 e. The van der Waals surface area contributed by atoms with E-state index in [-0.39, 0.29) is 0 Å². The molecule has 1 aliphatic carbocycles. The minimum atomic E-state index is 0.354. The van der Waals surface area contributed by atoms with Gasteiger partial charge >= 0.3 is 0 Å². The molecule has 108 valence electrons. The molecular weight excluding hydrogens is 258 g/mol. The van der Waals surface area contributed by atoms with E-state index in [9.17, 15) is 0 Å². The van der Waals surface area contributed by atoms with Crippen molar-refractivity contribution < 1.29 is 0 Å². The molecule has 0 aromatic carbocycles. The topological polar surface area (TPSA) is 29.9 Å². The number of hydrogen-bond acceptors (Lipinski definition) is 2. The lowest BCUT2D eigenvalue weighted by Crippen LogP contribution is -2.33. The van der Waals surface area contributed by atoms with E-state index in [1.165, 1.54) is 25.7 Å². The van der Waals surface area contributed by atoms with Crippen LogP contribution in [0.15, 0.2) is 6.20 Å². The van der Waals surface area contributed by atoms with Gasteiger partial charge in [0.2, 0.25) is 0 Å². The van der Waals surface area contributed by atoms with Crippen LogP contribution in [0.4, 0.5) is 0 Å². The molecule has 0 spiro atoms. The lowest BCUT2D eigenvalue weighted by atomic mass is 9.78. The van der Waals surface area contributed by atoms with Crippen molar-refractivity contribution in [2.24, 2.45) is 18.9 Å². The number of nitrogens with zero attached hydrogens (tertiary/aromatic N) is 2. The van der Waals surface area contributed by atoms with Crippen molar-refractivity contribution in [3.05, 3.63) is 16.9 Å². The first-order valence-corrected chi connectivity index (χ1v) is 7.92. The Balaban J connectivity index is 2.16. The van der Waals surface area contributed by atoms with Gasteiger partial charge in [-0.15, -0.1) is 0 Å². The molecule has 4 heteroatoms. The third-order valence-electron chi connectivity index (χ3n) is 4.38. The summed E-state index contributed by atoms with van der Waals surface area (Å²) < 4.78 is 1.94. The van der Waals surface area contributed by atoms with Crippen LogP contribution in [0.25, 0.3) is 0 Å². The Morgan fingerprint density at radius 1 is 1.42 bits per heavy atom. The molecule has 0 radical (unpaired) electrons. The minimum absolute atomic E-state index is 0.354. The van der Waals surface area contributed by atoms with E-state index >= 15 is 0 Å². The SMILES string of the molecule is CCCNC(c1c(Cl)cnn1C)C1CCC(C)CC1. The first-order valence-electron chi connectivity index (χ1n) is 7.54. The molecule has 19 heavy (non-hydrogen) atoms. The third kappa shape index (κ3) is 3.51. The van der Waals surface area contributed by atoms with E-state index < -0.39 is 0 Å². The normalized spacial score (nSPS) is 25.5. The molecule has 1 saturated carbocycles. The van der Waals surface area contributed by atoms with Gasteiger partial charge in [0.15, 0.2) is 0 Å². The van der Waals surface area contributed by atoms with Gasteiger partial charge in [0.1, 0.15) is 0 Å². The predicted octanol–water partition coefficient (Wildman–Crippen LogP) is 3.94. The van der Waals surface area contributed by atoms with Gasteiger partial charge in [0, 0.05) is 7.05 Å². The molecule has 0 bridgehead atoms. The minimum Gasteiger partial charge on any atom is -0.308 e. The highest BCUT2D eigenvalue weighted by Gasteiger charge is 2.30. The van der Waals surface area contributed by atoms with E-state index in [0.29, 0.717) is 12.0 Å². The summed E-state index contributed by atoms with van der Waals surface area (Å²) in [5.41, 5.74) is 1.16. The fraction of sp³-hybridized carbons (Fsp3) is 0.800. The summed E-state index contributed by atoms with van der Waals surface area (Å²) in [7, 11) is 1.99. The molecular formula is C15H26ClN3. The molecule has 1 unspecified atom stereocenters. The van der Waals surface area contributed by atoms with Gasteiger partial charge in [-0.05, 0) is 37.6 Å². The zero-order chi connectivity index (χ0) is 13.8. The van der Waals surface area contributed by atoms with Gasteiger partial charge < -0.3 is 5.32 Å². The molecule has 1 N–H and O–H groups in total. The lowest BCUT2D eigenvalue weighted by molar-refractivity contribution is 0.225. The summed E-state index contributed by atoms with van der Waals surface area (Å²) in [5.74, 6) is 1.57. The molecule has 1 aromatic rings. The van der Waals surface area contributed by atoms with Crippen LogP contribution in [0.1, 0.15) is 57.7 Å². The summed E-state index contributed by atoms with van der Waals surface area (Å²) in [6.45, 7) is 5.61. The van der Waals surface area contributed by atoms with E-state index in [0.717, 1.165) is 29.6 Å². The van der Waals surface area contributed by atoms with Crippen LogP contribution in [0, 0.1) is 11.8 Å². The van der Waals surface area contributed by atoms with E-state index in [1.807, 2.05) is 11.7 Å². The molecule has 0 aliphatic heterocycles. The smallest absolute Gasteiger partial charge is 0.0834 e. The second-order valence-corrected chi connectivity index (χ2v) is 6.36. The maximum absolute atomic E-state index is 6.34. The third-order valence-corrected chi connectivity index (χ3v) is 4.67. The standard InChI is InChI=1S/C15H26ClN3/c1-4-9-17-14(12-7-5-11(2)6-8-12)15-13(16)10-18-19(15)3/h10-12,14,17H,4-9H2,1-3H3. The van der Waals surface area contributed by atoms with Crippen LogP contribution in [-0.2, 0) is 7.05 Å². The summed E-state index contributed by atoms with van der Waals surface area (Å²) in [6.07, 6.45) is 8.18. The zero-order valence-electron chi connectivity index (χ0n) is 12.3.